The summed E-state index contributed by atoms with van der Waals surface area (Å²) in [5.74, 6) is 0.905. The Labute approximate surface area is 126 Å². The molecule has 0 fully saturated rings. The molecule has 2 aromatic rings. The maximum absolute atomic E-state index is 10.3. The summed E-state index contributed by atoms with van der Waals surface area (Å²) >= 11 is 0. The molecule has 0 saturated heterocycles. The third kappa shape index (κ3) is 2.51. The molecule has 0 aliphatic heterocycles. The first-order chi connectivity index (χ1) is 10.1. The van der Waals surface area contributed by atoms with Crippen LogP contribution in [-0.4, -0.2) is 5.11 Å². The van der Waals surface area contributed by atoms with Gasteiger partial charge < -0.3 is 10.4 Å². The zero-order valence-corrected chi connectivity index (χ0v) is 13.0. The average molecular weight is 281 g/mol. The lowest BCUT2D eigenvalue weighted by Gasteiger charge is -2.17. The molecule has 2 aromatic carbocycles. The van der Waals surface area contributed by atoms with Gasteiger partial charge in [-0.25, -0.2) is 0 Å². The smallest absolute Gasteiger partial charge is 0.121 e. The molecule has 0 aromatic heterocycles. The lowest BCUT2D eigenvalue weighted by Crippen LogP contribution is -2.07. The minimum Gasteiger partial charge on any atom is -0.508 e. The molecular weight excluding hydrogens is 258 g/mol. The van der Waals surface area contributed by atoms with Crippen LogP contribution in [0.15, 0.2) is 36.4 Å². The molecule has 21 heavy (non-hydrogen) atoms. The van der Waals surface area contributed by atoms with E-state index in [1.807, 2.05) is 12.1 Å². The van der Waals surface area contributed by atoms with Gasteiger partial charge in [0.2, 0.25) is 0 Å². The molecule has 0 saturated carbocycles. The number of anilines is 1. The minimum absolute atomic E-state index is 0.197. The molecule has 0 heterocycles. The van der Waals surface area contributed by atoms with Gasteiger partial charge in [0.1, 0.15) is 5.75 Å². The first kappa shape index (κ1) is 14.0. The lowest BCUT2D eigenvalue weighted by molar-refractivity contribution is 0.465. The molecule has 2 N–H and O–H groups in total. The number of hydrogen-bond donors (Lipinski definition) is 2. The highest BCUT2D eigenvalue weighted by molar-refractivity contribution is 5.56. The van der Waals surface area contributed by atoms with Gasteiger partial charge in [-0.3, -0.25) is 0 Å². The van der Waals surface area contributed by atoms with Crippen molar-refractivity contribution < 1.29 is 5.11 Å². The van der Waals surface area contributed by atoms with Crippen LogP contribution in [0.4, 0.5) is 5.69 Å². The van der Waals surface area contributed by atoms with Crippen molar-refractivity contribution in [3.8, 4) is 5.75 Å². The highest BCUT2D eigenvalue weighted by Crippen LogP contribution is 2.47. The summed E-state index contributed by atoms with van der Waals surface area (Å²) in [5, 5.41) is 13.9. The molecule has 0 amide bonds. The van der Waals surface area contributed by atoms with Crippen LogP contribution in [0.5, 0.6) is 5.75 Å². The Kier molecular flexibility index (Phi) is 3.62. The largest absolute Gasteiger partial charge is 0.508 e. The van der Waals surface area contributed by atoms with Gasteiger partial charge >= 0.3 is 0 Å². The summed E-state index contributed by atoms with van der Waals surface area (Å²) in [5.41, 5.74) is 6.15. The van der Waals surface area contributed by atoms with Crippen molar-refractivity contribution in [1.82, 2.24) is 0 Å². The molecule has 2 unspecified atom stereocenters. The Balaban J connectivity index is 1.90. The first-order valence-corrected chi connectivity index (χ1v) is 7.78. The molecule has 0 radical (unpaired) electrons. The second kappa shape index (κ2) is 5.44. The number of benzene rings is 2. The quantitative estimate of drug-likeness (QED) is 0.836. The minimum atomic E-state index is 0.197. The summed E-state index contributed by atoms with van der Waals surface area (Å²) in [6, 6.07) is 12.6. The predicted molar refractivity (Wildman–Crippen MR) is 88.1 cm³/mol. The third-order valence-corrected chi connectivity index (χ3v) is 4.62. The van der Waals surface area contributed by atoms with E-state index in [-0.39, 0.29) is 6.04 Å². The monoisotopic (exact) mass is 281 g/mol. The van der Waals surface area contributed by atoms with Crippen LogP contribution in [-0.2, 0) is 6.42 Å². The van der Waals surface area contributed by atoms with Gasteiger partial charge in [0.05, 0.1) is 6.04 Å². The summed E-state index contributed by atoms with van der Waals surface area (Å²) in [6.45, 7) is 6.54. The fraction of sp³-hybridized carbons (Fsp3) is 0.368. The Bertz CT molecular complexity index is 645. The lowest BCUT2D eigenvalue weighted by atomic mass is 9.97. The van der Waals surface area contributed by atoms with Gasteiger partial charge in [-0.1, -0.05) is 32.0 Å². The van der Waals surface area contributed by atoms with Crippen molar-refractivity contribution >= 4 is 5.69 Å². The summed E-state index contributed by atoms with van der Waals surface area (Å²) in [6.07, 6.45) is 2.09. The van der Waals surface area contributed by atoms with E-state index in [1.165, 1.54) is 16.7 Å². The van der Waals surface area contributed by atoms with Crippen molar-refractivity contribution in [2.45, 2.75) is 45.6 Å². The SMILES string of the molecule is CCc1ccc(NC2CC(C)c3c(C)ccc(O)c32)cc1. The van der Waals surface area contributed by atoms with Gasteiger partial charge in [-0.05, 0) is 60.6 Å². The van der Waals surface area contributed by atoms with Crippen LogP contribution in [0, 0.1) is 6.92 Å². The van der Waals surface area contributed by atoms with Gasteiger partial charge in [-0.15, -0.1) is 0 Å². The van der Waals surface area contributed by atoms with Crippen molar-refractivity contribution in [2.75, 3.05) is 5.32 Å². The van der Waals surface area contributed by atoms with E-state index in [1.54, 1.807) is 0 Å². The molecular formula is C19H23NO. The van der Waals surface area contributed by atoms with Gasteiger partial charge in [-0.2, -0.15) is 0 Å². The van der Waals surface area contributed by atoms with E-state index in [0.717, 1.165) is 24.1 Å². The summed E-state index contributed by atoms with van der Waals surface area (Å²) in [4.78, 5) is 0. The number of fused-ring (bicyclic) bond motifs is 1. The number of rotatable bonds is 3. The van der Waals surface area contributed by atoms with Crippen LogP contribution in [0.25, 0.3) is 0 Å². The van der Waals surface area contributed by atoms with E-state index < -0.39 is 0 Å². The first-order valence-electron chi connectivity index (χ1n) is 7.78. The number of aryl methyl sites for hydroxylation is 2. The number of phenols is 1. The highest BCUT2D eigenvalue weighted by atomic mass is 16.3. The Hall–Kier alpha value is -1.96. The molecule has 2 nitrogen and oxygen atoms in total. The van der Waals surface area contributed by atoms with E-state index in [9.17, 15) is 5.11 Å². The Morgan fingerprint density at radius 2 is 1.81 bits per heavy atom. The van der Waals surface area contributed by atoms with E-state index in [0.29, 0.717) is 11.7 Å². The van der Waals surface area contributed by atoms with Crippen LogP contribution in [0.2, 0.25) is 0 Å². The molecule has 2 heteroatoms. The maximum Gasteiger partial charge on any atom is 0.121 e. The standard InChI is InChI=1S/C19H23NO/c1-4-14-6-8-15(9-7-14)20-16-11-13(3)18-12(2)5-10-17(21)19(16)18/h5-10,13,16,20-21H,4,11H2,1-3H3. The molecule has 1 aliphatic carbocycles. The molecule has 2 atom stereocenters. The van der Waals surface area contributed by atoms with Crippen molar-refractivity contribution in [3.63, 3.8) is 0 Å². The fourth-order valence-electron chi connectivity index (χ4n) is 3.51. The molecule has 0 bridgehead atoms. The molecule has 1 aliphatic rings. The molecule has 110 valence electrons. The molecule has 3 rings (SSSR count). The van der Waals surface area contributed by atoms with Gasteiger partial charge in [0.15, 0.2) is 0 Å². The number of phenolic OH excluding ortho intramolecular Hbond substituents is 1. The fourth-order valence-corrected chi connectivity index (χ4v) is 3.51. The second-order valence-corrected chi connectivity index (χ2v) is 6.11. The van der Waals surface area contributed by atoms with Crippen LogP contribution < -0.4 is 5.32 Å². The zero-order valence-electron chi connectivity index (χ0n) is 13.0. The Morgan fingerprint density at radius 1 is 1.10 bits per heavy atom. The predicted octanol–water partition coefficient (Wildman–Crippen LogP) is 4.92. The van der Waals surface area contributed by atoms with E-state index >= 15 is 0 Å². The highest BCUT2D eigenvalue weighted by Gasteiger charge is 2.32. The average Bonchev–Trinajstić information content (AvgIpc) is 2.81. The number of aromatic hydroxyl groups is 1. The third-order valence-electron chi connectivity index (χ3n) is 4.62. The van der Waals surface area contributed by atoms with Gasteiger partial charge in [0, 0.05) is 11.3 Å². The van der Waals surface area contributed by atoms with Gasteiger partial charge in [0.25, 0.3) is 0 Å². The Morgan fingerprint density at radius 3 is 2.48 bits per heavy atom. The second-order valence-electron chi connectivity index (χ2n) is 6.11. The number of hydrogen-bond acceptors (Lipinski definition) is 2. The van der Waals surface area contributed by atoms with Crippen molar-refractivity contribution in [3.05, 3.63) is 58.7 Å². The molecule has 0 spiro atoms. The van der Waals surface area contributed by atoms with Crippen LogP contribution in [0.1, 0.15) is 54.5 Å². The van der Waals surface area contributed by atoms with Crippen molar-refractivity contribution in [1.29, 1.82) is 0 Å². The zero-order chi connectivity index (χ0) is 15.0. The topological polar surface area (TPSA) is 32.3 Å². The van der Waals surface area contributed by atoms with Crippen LogP contribution in [0.3, 0.4) is 0 Å². The van der Waals surface area contributed by atoms with Crippen LogP contribution >= 0.6 is 0 Å². The summed E-state index contributed by atoms with van der Waals surface area (Å²) < 4.78 is 0. The van der Waals surface area contributed by atoms with E-state index in [2.05, 4.69) is 50.4 Å². The summed E-state index contributed by atoms with van der Waals surface area (Å²) in [7, 11) is 0. The normalized spacial score (nSPS) is 20.3. The van der Waals surface area contributed by atoms with E-state index in [4.69, 9.17) is 0 Å². The maximum atomic E-state index is 10.3. The van der Waals surface area contributed by atoms with Crippen molar-refractivity contribution in [2.24, 2.45) is 0 Å². The number of nitrogens with one attached hydrogen (secondary N) is 1.